The third-order valence-electron chi connectivity index (χ3n) is 2.77. The van der Waals surface area contributed by atoms with Crippen LogP contribution in [-0.4, -0.2) is 36.7 Å². The summed E-state index contributed by atoms with van der Waals surface area (Å²) in [5.74, 6) is 2.89. The van der Waals surface area contributed by atoms with E-state index in [0.717, 1.165) is 0 Å². The lowest BCUT2D eigenvalue weighted by molar-refractivity contribution is -0.186. The van der Waals surface area contributed by atoms with Crippen LogP contribution < -0.4 is 11.4 Å². The molecule has 1 atom stereocenters. The van der Waals surface area contributed by atoms with Crippen molar-refractivity contribution < 1.29 is 22.8 Å². The van der Waals surface area contributed by atoms with E-state index < -0.39 is 18.1 Å². The first-order chi connectivity index (χ1) is 7.93. The van der Waals surface area contributed by atoms with Gasteiger partial charge in [-0.15, -0.1) is 0 Å². The van der Waals surface area contributed by atoms with Gasteiger partial charge in [-0.2, -0.15) is 13.2 Å². The molecule has 3 N–H and O–H groups in total. The van der Waals surface area contributed by atoms with Crippen molar-refractivity contribution in [2.45, 2.75) is 25.4 Å². The number of carbonyl (C=O) groups is 1. The predicted octanol–water partition coefficient (Wildman–Crippen LogP) is 0.572. The number of hydrogen-bond acceptors (Lipinski definition) is 5. The average Bonchev–Trinajstić information content (AvgIpc) is 2.26. The molecule has 0 bridgehead atoms. The van der Waals surface area contributed by atoms with Gasteiger partial charge in [0.25, 0.3) is 0 Å². The summed E-state index contributed by atoms with van der Waals surface area (Å²) in [7, 11) is 0. The summed E-state index contributed by atoms with van der Waals surface area (Å²) >= 11 is 0. The Labute approximate surface area is 97.0 Å². The van der Waals surface area contributed by atoms with Crippen molar-refractivity contribution >= 4 is 5.97 Å². The van der Waals surface area contributed by atoms with Gasteiger partial charge in [0.2, 0.25) is 0 Å². The zero-order chi connectivity index (χ0) is 12.9. The topological polar surface area (TPSA) is 67.6 Å². The second-order valence-electron chi connectivity index (χ2n) is 4.02. The predicted molar refractivity (Wildman–Crippen MR) is 53.3 cm³/mol. The largest absolute Gasteiger partial charge is 0.393 e. The molecule has 1 rings (SSSR count). The van der Waals surface area contributed by atoms with Crippen molar-refractivity contribution in [1.29, 1.82) is 0 Å². The van der Waals surface area contributed by atoms with Crippen LogP contribution in [0.3, 0.4) is 0 Å². The van der Waals surface area contributed by atoms with Crippen LogP contribution in [0.2, 0.25) is 0 Å². The normalized spacial score (nSPS) is 22.5. The molecule has 1 aliphatic rings. The number of hydrogen-bond donors (Lipinski definition) is 2. The number of carbonyl (C=O) groups excluding carboxylic acids is 1. The summed E-state index contributed by atoms with van der Waals surface area (Å²) in [5, 5.41) is 0. The molecule has 0 aromatic heterocycles. The third-order valence-corrected chi connectivity index (χ3v) is 2.77. The summed E-state index contributed by atoms with van der Waals surface area (Å²) in [6.07, 6.45) is -3.48. The second kappa shape index (κ2) is 6.18. The first kappa shape index (κ1) is 14.2. The number of likely N-dealkylation sites (tertiary alicyclic amines) is 1. The molecule has 0 aromatic rings. The van der Waals surface area contributed by atoms with Crippen LogP contribution in [0.4, 0.5) is 13.2 Å². The molecule has 1 saturated heterocycles. The van der Waals surface area contributed by atoms with E-state index in [1.807, 2.05) is 0 Å². The van der Waals surface area contributed by atoms with Crippen molar-refractivity contribution in [1.82, 2.24) is 10.5 Å². The molecule has 0 saturated carbocycles. The van der Waals surface area contributed by atoms with Crippen LogP contribution >= 0.6 is 0 Å². The zero-order valence-electron chi connectivity index (χ0n) is 9.29. The van der Waals surface area contributed by atoms with E-state index in [1.54, 1.807) is 10.5 Å². The highest BCUT2D eigenvalue weighted by molar-refractivity contribution is 5.69. The van der Waals surface area contributed by atoms with Gasteiger partial charge in [0.05, 0.1) is 12.3 Å². The Balaban J connectivity index is 2.32. The number of piperidine rings is 1. The maximum absolute atomic E-state index is 12.5. The number of nitrogens with two attached hydrogens (primary N) is 1. The molecule has 17 heavy (non-hydrogen) atoms. The first-order valence-corrected chi connectivity index (χ1v) is 5.38. The number of hydrazine groups is 1. The standard InChI is InChI=1S/C9H16F3N3O2/c10-9(11,12)7-2-1-4-15(6-7)5-3-8(16)17-14-13/h7,14H,1-6,13H2. The van der Waals surface area contributed by atoms with Gasteiger partial charge in [0.1, 0.15) is 0 Å². The van der Waals surface area contributed by atoms with Crippen molar-refractivity contribution in [2.75, 3.05) is 19.6 Å². The first-order valence-electron chi connectivity index (χ1n) is 5.38. The molecule has 5 nitrogen and oxygen atoms in total. The van der Waals surface area contributed by atoms with Gasteiger partial charge < -0.3 is 9.74 Å². The smallest absolute Gasteiger partial charge is 0.356 e. The monoisotopic (exact) mass is 255 g/mol. The lowest BCUT2D eigenvalue weighted by Crippen LogP contribution is -2.42. The Morgan fingerprint density at radius 1 is 1.53 bits per heavy atom. The minimum atomic E-state index is -4.15. The Bertz CT molecular complexity index is 260. The van der Waals surface area contributed by atoms with Gasteiger partial charge in [0.15, 0.2) is 0 Å². The summed E-state index contributed by atoms with van der Waals surface area (Å²) in [4.78, 5) is 16.8. The highest BCUT2D eigenvalue weighted by Crippen LogP contribution is 2.32. The molecule has 8 heteroatoms. The van der Waals surface area contributed by atoms with Gasteiger partial charge in [-0.25, -0.2) is 5.84 Å². The molecule has 1 heterocycles. The molecule has 100 valence electrons. The molecule has 0 aliphatic carbocycles. The van der Waals surface area contributed by atoms with Gasteiger partial charge in [-0.3, -0.25) is 4.79 Å². The fourth-order valence-electron chi connectivity index (χ4n) is 1.89. The van der Waals surface area contributed by atoms with E-state index >= 15 is 0 Å². The minimum Gasteiger partial charge on any atom is -0.356 e. The van der Waals surface area contributed by atoms with E-state index in [0.29, 0.717) is 13.0 Å². The van der Waals surface area contributed by atoms with Gasteiger partial charge in [-0.05, 0) is 19.4 Å². The number of halogens is 3. The molecule has 0 amide bonds. The van der Waals surface area contributed by atoms with Crippen molar-refractivity contribution in [3.05, 3.63) is 0 Å². The van der Waals surface area contributed by atoms with Crippen LogP contribution in [0.5, 0.6) is 0 Å². The minimum absolute atomic E-state index is 0.0226. The Morgan fingerprint density at radius 2 is 2.24 bits per heavy atom. The molecular weight excluding hydrogens is 239 g/mol. The Kier molecular flexibility index (Phi) is 5.16. The molecule has 0 aromatic carbocycles. The van der Waals surface area contributed by atoms with Crippen LogP contribution in [0.1, 0.15) is 19.3 Å². The highest BCUT2D eigenvalue weighted by atomic mass is 19.4. The average molecular weight is 255 g/mol. The van der Waals surface area contributed by atoms with Crippen LogP contribution in [0, 0.1) is 5.92 Å². The Hall–Kier alpha value is -0.860. The molecular formula is C9H16F3N3O2. The molecule has 0 radical (unpaired) electrons. The van der Waals surface area contributed by atoms with Gasteiger partial charge >= 0.3 is 12.1 Å². The lowest BCUT2D eigenvalue weighted by atomic mass is 9.97. The van der Waals surface area contributed by atoms with E-state index in [4.69, 9.17) is 5.84 Å². The fraction of sp³-hybridized carbons (Fsp3) is 0.889. The second-order valence-corrected chi connectivity index (χ2v) is 4.02. The molecule has 1 aliphatic heterocycles. The molecule has 1 unspecified atom stereocenters. The maximum Gasteiger partial charge on any atom is 0.393 e. The van der Waals surface area contributed by atoms with Crippen molar-refractivity contribution in [3.8, 4) is 0 Å². The third kappa shape index (κ3) is 4.88. The number of rotatable bonds is 4. The Morgan fingerprint density at radius 3 is 2.82 bits per heavy atom. The summed E-state index contributed by atoms with van der Waals surface area (Å²) in [5.41, 5.74) is 1.74. The lowest BCUT2D eigenvalue weighted by Gasteiger charge is -2.33. The van der Waals surface area contributed by atoms with Crippen molar-refractivity contribution in [3.63, 3.8) is 0 Å². The fourth-order valence-corrected chi connectivity index (χ4v) is 1.89. The molecule has 1 fully saturated rings. The summed E-state index contributed by atoms with van der Waals surface area (Å²) in [6.45, 7) is 0.788. The zero-order valence-corrected chi connectivity index (χ0v) is 9.29. The quantitative estimate of drug-likeness (QED) is 0.568. The van der Waals surface area contributed by atoms with Gasteiger partial charge in [-0.1, -0.05) is 5.59 Å². The van der Waals surface area contributed by atoms with Crippen LogP contribution in [0.15, 0.2) is 0 Å². The SMILES string of the molecule is NNOC(=O)CCN1CCCC(C(F)(F)F)C1. The molecule has 0 spiro atoms. The number of alkyl halides is 3. The number of nitrogens with zero attached hydrogens (tertiary/aromatic N) is 1. The van der Waals surface area contributed by atoms with Crippen LogP contribution in [-0.2, 0) is 9.63 Å². The van der Waals surface area contributed by atoms with Crippen LogP contribution in [0.25, 0.3) is 0 Å². The van der Waals surface area contributed by atoms with E-state index in [-0.39, 0.29) is 25.9 Å². The van der Waals surface area contributed by atoms with Gasteiger partial charge in [0, 0.05) is 13.1 Å². The maximum atomic E-state index is 12.5. The van der Waals surface area contributed by atoms with E-state index in [9.17, 15) is 18.0 Å². The van der Waals surface area contributed by atoms with E-state index in [2.05, 4.69) is 4.84 Å². The highest BCUT2D eigenvalue weighted by Gasteiger charge is 2.41. The number of nitrogens with one attached hydrogen (secondary N) is 1. The van der Waals surface area contributed by atoms with Crippen molar-refractivity contribution in [2.24, 2.45) is 11.8 Å². The summed E-state index contributed by atoms with van der Waals surface area (Å²) < 4.78 is 37.5. The summed E-state index contributed by atoms with van der Waals surface area (Å²) in [6, 6.07) is 0. The van der Waals surface area contributed by atoms with E-state index in [1.165, 1.54) is 0 Å².